The number of hydrogen-bond acceptors (Lipinski definition) is 5. The predicted octanol–water partition coefficient (Wildman–Crippen LogP) is 4.19. The van der Waals surface area contributed by atoms with Crippen LogP contribution < -0.4 is 0 Å². The third-order valence-electron chi connectivity index (χ3n) is 6.54. The summed E-state index contributed by atoms with van der Waals surface area (Å²) in [6.07, 6.45) is 3.79. The molecule has 0 bridgehead atoms. The molecule has 0 N–H and O–H groups in total. The first-order chi connectivity index (χ1) is 17.0. The Morgan fingerprint density at radius 2 is 1.71 bits per heavy atom. The molecule has 0 amide bonds. The number of aromatic nitrogens is 3. The van der Waals surface area contributed by atoms with Gasteiger partial charge in [-0.1, -0.05) is 37.6 Å². The SMILES string of the molecule is CCCc1ccc(S(=O)(=O)N2CCN(Cc3nc4cccnc4n3-c3cccc(C)c3)CC2)cc1. The molecular weight excluding hydrogens is 458 g/mol. The van der Waals surface area contributed by atoms with Gasteiger partial charge in [-0.3, -0.25) is 9.47 Å². The van der Waals surface area contributed by atoms with Crippen molar-refractivity contribution >= 4 is 21.2 Å². The van der Waals surface area contributed by atoms with Crippen molar-refractivity contribution in [3.05, 3.63) is 83.8 Å². The van der Waals surface area contributed by atoms with Crippen molar-refractivity contribution < 1.29 is 8.42 Å². The first kappa shape index (κ1) is 23.7. The van der Waals surface area contributed by atoms with Crippen LogP contribution in [-0.4, -0.2) is 58.3 Å². The zero-order valence-corrected chi connectivity index (χ0v) is 21.1. The number of sulfonamides is 1. The molecule has 1 aliphatic heterocycles. The first-order valence-electron chi connectivity index (χ1n) is 12.2. The lowest BCUT2D eigenvalue weighted by Crippen LogP contribution is -2.48. The topological polar surface area (TPSA) is 71.3 Å². The average Bonchev–Trinajstić information content (AvgIpc) is 3.23. The molecule has 3 heterocycles. The molecule has 5 rings (SSSR count). The van der Waals surface area contributed by atoms with E-state index in [1.165, 1.54) is 11.1 Å². The van der Waals surface area contributed by atoms with Gasteiger partial charge >= 0.3 is 0 Å². The number of aryl methyl sites for hydroxylation is 2. The molecule has 1 aliphatic rings. The molecule has 0 spiro atoms. The van der Waals surface area contributed by atoms with Gasteiger partial charge in [-0.2, -0.15) is 4.31 Å². The van der Waals surface area contributed by atoms with Gasteiger partial charge in [-0.05, 0) is 60.9 Å². The molecule has 0 aliphatic carbocycles. The van der Waals surface area contributed by atoms with Crippen molar-refractivity contribution in [1.29, 1.82) is 0 Å². The zero-order chi connectivity index (χ0) is 24.4. The number of imidazole rings is 1. The summed E-state index contributed by atoms with van der Waals surface area (Å²) in [4.78, 5) is 12.1. The third-order valence-corrected chi connectivity index (χ3v) is 8.45. The van der Waals surface area contributed by atoms with Gasteiger partial charge in [0.15, 0.2) is 5.65 Å². The molecule has 2 aromatic heterocycles. The van der Waals surface area contributed by atoms with E-state index in [2.05, 4.69) is 46.5 Å². The van der Waals surface area contributed by atoms with Crippen molar-refractivity contribution in [1.82, 2.24) is 23.7 Å². The number of nitrogens with zero attached hydrogens (tertiary/aromatic N) is 5. The molecule has 4 aromatic rings. The van der Waals surface area contributed by atoms with Crippen LogP contribution >= 0.6 is 0 Å². The quantitative estimate of drug-likeness (QED) is 0.389. The van der Waals surface area contributed by atoms with Gasteiger partial charge in [0.05, 0.1) is 11.4 Å². The Hall–Kier alpha value is -3.07. The number of pyridine rings is 1. The minimum atomic E-state index is -3.49. The molecule has 35 heavy (non-hydrogen) atoms. The normalized spacial score (nSPS) is 15.6. The Balaban J connectivity index is 1.33. The molecule has 182 valence electrons. The van der Waals surface area contributed by atoms with Gasteiger partial charge < -0.3 is 0 Å². The van der Waals surface area contributed by atoms with Gasteiger partial charge in [-0.25, -0.2) is 18.4 Å². The smallest absolute Gasteiger partial charge is 0.243 e. The lowest BCUT2D eigenvalue weighted by molar-refractivity contribution is 0.177. The Morgan fingerprint density at radius 3 is 2.43 bits per heavy atom. The van der Waals surface area contributed by atoms with Crippen LogP contribution in [0, 0.1) is 6.92 Å². The van der Waals surface area contributed by atoms with Gasteiger partial charge in [0.25, 0.3) is 0 Å². The molecule has 7 nitrogen and oxygen atoms in total. The van der Waals surface area contributed by atoms with Crippen LogP contribution in [0.5, 0.6) is 0 Å². The lowest BCUT2D eigenvalue weighted by Gasteiger charge is -2.33. The van der Waals surface area contributed by atoms with Crippen LogP contribution in [0.15, 0.2) is 71.8 Å². The monoisotopic (exact) mass is 489 g/mol. The van der Waals surface area contributed by atoms with E-state index in [0.29, 0.717) is 37.6 Å². The second kappa shape index (κ2) is 9.89. The maximum Gasteiger partial charge on any atom is 0.243 e. The number of hydrogen-bond donors (Lipinski definition) is 0. The standard InChI is InChI=1S/C27H31N5O2S/c1-3-6-22-10-12-24(13-11-22)35(33,34)31-17-15-30(16-18-31)20-26-29-25-9-5-14-28-27(25)32(26)23-8-4-7-21(2)19-23/h4-5,7-14,19H,3,6,15-18,20H2,1-2H3. The largest absolute Gasteiger partial charge is 0.293 e. The Labute approximate surface area is 207 Å². The van der Waals surface area contributed by atoms with E-state index in [9.17, 15) is 8.42 Å². The summed E-state index contributed by atoms with van der Waals surface area (Å²) in [5.41, 5.74) is 5.07. The maximum absolute atomic E-state index is 13.2. The number of piperazine rings is 1. The highest BCUT2D eigenvalue weighted by Gasteiger charge is 2.29. The van der Waals surface area contributed by atoms with Crippen molar-refractivity contribution in [2.24, 2.45) is 0 Å². The van der Waals surface area contributed by atoms with E-state index in [1.54, 1.807) is 22.6 Å². The van der Waals surface area contributed by atoms with E-state index < -0.39 is 10.0 Å². The fourth-order valence-corrected chi connectivity index (χ4v) is 6.12. The fraction of sp³-hybridized carbons (Fsp3) is 0.333. The highest BCUT2D eigenvalue weighted by molar-refractivity contribution is 7.89. The minimum Gasteiger partial charge on any atom is -0.293 e. The molecule has 0 atom stereocenters. The average molecular weight is 490 g/mol. The number of fused-ring (bicyclic) bond motifs is 1. The zero-order valence-electron chi connectivity index (χ0n) is 20.3. The molecule has 1 fully saturated rings. The van der Waals surface area contributed by atoms with E-state index in [-0.39, 0.29) is 0 Å². The van der Waals surface area contributed by atoms with Gasteiger partial charge in [0.1, 0.15) is 11.3 Å². The number of rotatable bonds is 7. The Kier molecular flexibility index (Phi) is 6.69. The van der Waals surface area contributed by atoms with Crippen LogP contribution in [-0.2, 0) is 23.0 Å². The molecule has 0 radical (unpaired) electrons. The Morgan fingerprint density at radius 1 is 0.943 bits per heavy atom. The second-order valence-electron chi connectivity index (χ2n) is 9.12. The van der Waals surface area contributed by atoms with Crippen LogP contribution in [0.1, 0.15) is 30.3 Å². The minimum absolute atomic E-state index is 0.373. The van der Waals surface area contributed by atoms with Crippen molar-refractivity contribution in [2.45, 2.75) is 38.1 Å². The summed E-state index contributed by atoms with van der Waals surface area (Å²) in [5.74, 6) is 0.909. The summed E-state index contributed by atoms with van der Waals surface area (Å²) in [5, 5.41) is 0. The first-order valence-corrected chi connectivity index (χ1v) is 13.6. The van der Waals surface area contributed by atoms with Gasteiger partial charge in [0.2, 0.25) is 10.0 Å². The van der Waals surface area contributed by atoms with Crippen molar-refractivity contribution in [3.8, 4) is 5.69 Å². The fourth-order valence-electron chi connectivity index (χ4n) is 4.70. The van der Waals surface area contributed by atoms with E-state index in [1.807, 2.05) is 30.3 Å². The number of benzene rings is 2. The predicted molar refractivity (Wildman–Crippen MR) is 138 cm³/mol. The molecule has 0 saturated carbocycles. The van der Waals surface area contributed by atoms with E-state index in [0.717, 1.165) is 35.5 Å². The van der Waals surface area contributed by atoms with Gasteiger partial charge in [0, 0.05) is 38.1 Å². The summed E-state index contributed by atoms with van der Waals surface area (Å²) < 4.78 is 30.1. The van der Waals surface area contributed by atoms with Crippen LogP contribution in [0.3, 0.4) is 0 Å². The summed E-state index contributed by atoms with van der Waals surface area (Å²) in [6, 6.07) is 19.5. The van der Waals surface area contributed by atoms with E-state index in [4.69, 9.17) is 4.98 Å². The van der Waals surface area contributed by atoms with Crippen molar-refractivity contribution in [2.75, 3.05) is 26.2 Å². The maximum atomic E-state index is 13.2. The Bertz CT molecular complexity index is 1420. The molecule has 2 aromatic carbocycles. The van der Waals surface area contributed by atoms with E-state index >= 15 is 0 Å². The lowest BCUT2D eigenvalue weighted by atomic mass is 10.1. The highest BCUT2D eigenvalue weighted by atomic mass is 32.2. The van der Waals surface area contributed by atoms with Crippen LogP contribution in [0.2, 0.25) is 0 Å². The van der Waals surface area contributed by atoms with Crippen molar-refractivity contribution in [3.63, 3.8) is 0 Å². The molecule has 8 heteroatoms. The van der Waals surface area contributed by atoms with Crippen LogP contribution in [0.4, 0.5) is 0 Å². The summed E-state index contributed by atoms with van der Waals surface area (Å²) in [7, 11) is -3.49. The summed E-state index contributed by atoms with van der Waals surface area (Å²) >= 11 is 0. The highest BCUT2D eigenvalue weighted by Crippen LogP contribution is 2.23. The summed E-state index contributed by atoms with van der Waals surface area (Å²) in [6.45, 7) is 7.05. The third kappa shape index (κ3) is 4.87. The molecule has 1 saturated heterocycles. The second-order valence-corrected chi connectivity index (χ2v) is 11.1. The van der Waals surface area contributed by atoms with Crippen LogP contribution in [0.25, 0.3) is 16.9 Å². The molecule has 0 unspecified atom stereocenters. The molecular formula is C27H31N5O2S. The van der Waals surface area contributed by atoms with Gasteiger partial charge in [-0.15, -0.1) is 0 Å².